The molecule has 1 amide bonds. The number of nitrogens with one attached hydrogen (secondary N) is 1. The van der Waals surface area contributed by atoms with E-state index in [0.717, 1.165) is 6.20 Å². The highest BCUT2D eigenvalue weighted by molar-refractivity contribution is 6.31. The summed E-state index contributed by atoms with van der Waals surface area (Å²) in [5.41, 5.74) is 2.84. The predicted octanol–water partition coefficient (Wildman–Crippen LogP) is 5.57. The number of fused-ring (bicyclic) bond motifs is 1. The summed E-state index contributed by atoms with van der Waals surface area (Å²) in [7, 11) is 0. The Bertz CT molecular complexity index is 1560. The van der Waals surface area contributed by atoms with Crippen molar-refractivity contribution >= 4 is 28.4 Å². The number of pyridine rings is 1. The molecule has 1 aliphatic rings. The number of rotatable bonds is 7. The van der Waals surface area contributed by atoms with Gasteiger partial charge in [-0.25, -0.2) is 18.4 Å². The van der Waals surface area contributed by atoms with Crippen molar-refractivity contribution in [3.63, 3.8) is 0 Å². The first kappa shape index (κ1) is 27.0. The molecule has 1 N–H and O–H groups in total. The zero-order chi connectivity index (χ0) is 27.9. The van der Waals surface area contributed by atoms with Gasteiger partial charge >= 0.3 is 0 Å². The monoisotopic (exact) mass is 556 g/mol. The molecule has 4 aromatic rings. The van der Waals surface area contributed by atoms with Crippen molar-refractivity contribution in [3.8, 4) is 11.4 Å². The number of hydrogen-bond acceptors (Lipinski definition) is 6. The summed E-state index contributed by atoms with van der Waals surface area (Å²) in [6, 6.07) is 9.10. The van der Waals surface area contributed by atoms with Crippen LogP contribution in [0.4, 0.5) is 8.78 Å². The molecule has 2 aromatic heterocycles. The van der Waals surface area contributed by atoms with E-state index in [2.05, 4.69) is 15.4 Å². The lowest BCUT2D eigenvalue weighted by molar-refractivity contribution is -0.153. The number of halogens is 3. The molecule has 5 rings (SSSR count). The van der Waals surface area contributed by atoms with E-state index in [1.807, 2.05) is 13.0 Å². The Morgan fingerprint density at radius 3 is 2.77 bits per heavy atom. The number of hydrogen-bond donors (Lipinski definition) is 1. The van der Waals surface area contributed by atoms with Gasteiger partial charge in [-0.2, -0.15) is 5.10 Å². The molecule has 2 atom stereocenters. The zero-order valence-corrected chi connectivity index (χ0v) is 22.6. The summed E-state index contributed by atoms with van der Waals surface area (Å²) >= 11 is 6.46. The Morgan fingerprint density at radius 2 is 2.08 bits per heavy atom. The number of ether oxygens (including phenoxy) is 3. The van der Waals surface area contributed by atoms with Gasteiger partial charge in [0.15, 0.2) is 17.7 Å². The van der Waals surface area contributed by atoms with Gasteiger partial charge in [0.05, 0.1) is 35.8 Å². The van der Waals surface area contributed by atoms with Gasteiger partial charge in [-0.1, -0.05) is 23.7 Å². The molecule has 8 nitrogen and oxygen atoms in total. The van der Waals surface area contributed by atoms with Crippen molar-refractivity contribution in [1.82, 2.24) is 20.1 Å². The van der Waals surface area contributed by atoms with Crippen LogP contribution in [-0.4, -0.2) is 39.2 Å². The molecule has 0 saturated carbocycles. The third kappa shape index (κ3) is 5.73. The van der Waals surface area contributed by atoms with E-state index in [0.29, 0.717) is 39.2 Å². The average Bonchev–Trinajstić information content (AvgIpc) is 3.47. The number of aryl methyl sites for hydroxylation is 1. The molecule has 1 fully saturated rings. The molecule has 1 aliphatic heterocycles. The fourth-order valence-corrected chi connectivity index (χ4v) is 4.85. The minimum absolute atomic E-state index is 0.0226. The number of nitrogens with zero attached hydrogens (tertiary/aromatic N) is 3. The number of carbonyl (C=O) groups excluding carboxylic acids is 1. The Labute approximate surface area is 228 Å². The van der Waals surface area contributed by atoms with Crippen molar-refractivity contribution < 1.29 is 27.8 Å². The number of carbonyl (C=O) groups is 1. The van der Waals surface area contributed by atoms with Gasteiger partial charge in [-0.15, -0.1) is 0 Å². The predicted molar refractivity (Wildman–Crippen MR) is 141 cm³/mol. The molecule has 0 spiro atoms. The number of benzene rings is 2. The molecule has 0 bridgehead atoms. The zero-order valence-electron chi connectivity index (χ0n) is 21.8. The SMILES string of the molecule is Cc1cc(-n2cc(F)cn2)c2cccc(OCc3c(Cl)cc(F)cc3[C@H](C)NC(=O)[C@H]3COC(C)(C)O3)c2n1. The maximum Gasteiger partial charge on any atom is 0.252 e. The van der Waals surface area contributed by atoms with Crippen LogP contribution in [0, 0.1) is 18.6 Å². The Morgan fingerprint density at radius 1 is 1.28 bits per heavy atom. The highest BCUT2D eigenvalue weighted by Gasteiger charge is 2.37. The van der Waals surface area contributed by atoms with Crippen LogP contribution in [-0.2, 0) is 20.9 Å². The molecule has 204 valence electrons. The van der Waals surface area contributed by atoms with Gasteiger partial charge in [-0.3, -0.25) is 4.79 Å². The molecule has 1 saturated heterocycles. The van der Waals surface area contributed by atoms with Gasteiger partial charge in [-0.05, 0) is 57.5 Å². The molecule has 3 heterocycles. The van der Waals surface area contributed by atoms with E-state index < -0.39 is 29.6 Å². The number of amides is 1. The van der Waals surface area contributed by atoms with Crippen molar-refractivity contribution in [1.29, 1.82) is 0 Å². The normalized spacial score (nSPS) is 17.4. The van der Waals surface area contributed by atoms with Crippen LogP contribution in [0.2, 0.25) is 5.02 Å². The van der Waals surface area contributed by atoms with E-state index in [1.165, 1.54) is 23.0 Å². The maximum absolute atomic E-state index is 14.4. The van der Waals surface area contributed by atoms with Crippen LogP contribution in [0.25, 0.3) is 16.6 Å². The van der Waals surface area contributed by atoms with Gasteiger partial charge in [0.1, 0.15) is 23.7 Å². The lowest BCUT2D eigenvalue weighted by atomic mass is 10.0. The Balaban J connectivity index is 1.42. The van der Waals surface area contributed by atoms with Crippen molar-refractivity contribution in [3.05, 3.63) is 82.3 Å². The highest BCUT2D eigenvalue weighted by atomic mass is 35.5. The molecule has 0 aliphatic carbocycles. The lowest BCUT2D eigenvalue weighted by Gasteiger charge is -2.22. The van der Waals surface area contributed by atoms with Gasteiger partial charge < -0.3 is 19.5 Å². The molecule has 39 heavy (non-hydrogen) atoms. The molecular weight excluding hydrogens is 530 g/mol. The highest BCUT2D eigenvalue weighted by Crippen LogP contribution is 2.33. The first-order chi connectivity index (χ1) is 18.5. The molecule has 2 aromatic carbocycles. The van der Waals surface area contributed by atoms with E-state index in [-0.39, 0.29) is 24.1 Å². The molecule has 11 heteroatoms. The Hall–Kier alpha value is -3.60. The summed E-state index contributed by atoms with van der Waals surface area (Å²) in [4.78, 5) is 17.4. The number of aromatic nitrogens is 3. The quantitative estimate of drug-likeness (QED) is 0.320. The topological polar surface area (TPSA) is 87.5 Å². The second kappa shape index (κ2) is 10.5. The summed E-state index contributed by atoms with van der Waals surface area (Å²) in [5.74, 6) is -1.79. The standard InChI is InChI=1S/C28H27ClF2N4O4/c1-15-8-23(35-12-18(31)11-32-35)19-6-5-7-24(26(19)33-15)37-13-21-20(9-17(30)10-22(21)29)16(2)34-27(36)25-14-38-28(3,4)39-25/h5-12,16,25H,13-14H2,1-4H3,(H,34,36)/t16-,25+/m0/s1. The second-order valence-corrected chi connectivity index (χ2v) is 10.2. The minimum atomic E-state index is -0.858. The molecule has 0 unspecified atom stereocenters. The van der Waals surface area contributed by atoms with Crippen molar-refractivity contribution in [2.24, 2.45) is 0 Å². The van der Waals surface area contributed by atoms with Crippen LogP contribution in [0.3, 0.4) is 0 Å². The number of para-hydroxylation sites is 1. The fraction of sp³-hybridized carbons (Fsp3) is 0.321. The maximum atomic E-state index is 14.4. The average molecular weight is 557 g/mol. The smallest absolute Gasteiger partial charge is 0.252 e. The first-order valence-electron chi connectivity index (χ1n) is 12.3. The molecular formula is C28H27ClF2N4O4. The Kier molecular flexibility index (Phi) is 7.28. The van der Waals surface area contributed by atoms with Gasteiger partial charge in [0, 0.05) is 16.6 Å². The fourth-order valence-electron chi connectivity index (χ4n) is 4.58. The van der Waals surface area contributed by atoms with E-state index >= 15 is 0 Å². The van der Waals surface area contributed by atoms with E-state index in [9.17, 15) is 13.6 Å². The lowest BCUT2D eigenvalue weighted by Crippen LogP contribution is -2.38. The first-order valence-corrected chi connectivity index (χ1v) is 12.7. The van der Waals surface area contributed by atoms with Crippen LogP contribution in [0.15, 0.2) is 48.8 Å². The summed E-state index contributed by atoms with van der Waals surface area (Å²) in [6.07, 6.45) is 1.63. The van der Waals surface area contributed by atoms with Crippen LogP contribution >= 0.6 is 11.6 Å². The summed E-state index contributed by atoms with van der Waals surface area (Å²) < 4.78 is 46.8. The van der Waals surface area contributed by atoms with Crippen LogP contribution in [0.5, 0.6) is 5.75 Å². The molecule has 0 radical (unpaired) electrons. The van der Waals surface area contributed by atoms with Gasteiger partial charge in [0.25, 0.3) is 5.91 Å². The van der Waals surface area contributed by atoms with Crippen LogP contribution in [0.1, 0.15) is 43.6 Å². The van der Waals surface area contributed by atoms with Crippen molar-refractivity contribution in [2.45, 2.75) is 52.2 Å². The van der Waals surface area contributed by atoms with Crippen molar-refractivity contribution in [2.75, 3.05) is 6.61 Å². The minimum Gasteiger partial charge on any atom is -0.487 e. The summed E-state index contributed by atoms with van der Waals surface area (Å²) in [6.45, 7) is 7.10. The van der Waals surface area contributed by atoms with E-state index in [1.54, 1.807) is 39.0 Å². The third-order valence-corrected chi connectivity index (χ3v) is 6.74. The largest absolute Gasteiger partial charge is 0.487 e. The second-order valence-electron chi connectivity index (χ2n) is 9.83. The third-order valence-electron chi connectivity index (χ3n) is 6.40. The van der Waals surface area contributed by atoms with Gasteiger partial charge in [0.2, 0.25) is 0 Å². The van der Waals surface area contributed by atoms with E-state index in [4.69, 9.17) is 25.8 Å². The van der Waals surface area contributed by atoms with Crippen LogP contribution < -0.4 is 10.1 Å². The summed E-state index contributed by atoms with van der Waals surface area (Å²) in [5, 5.41) is 7.80.